The van der Waals surface area contributed by atoms with Gasteiger partial charge in [-0.05, 0) is 37.5 Å². The maximum atomic E-state index is 12.4. The van der Waals surface area contributed by atoms with Crippen LogP contribution in [0.2, 0.25) is 0 Å². The summed E-state index contributed by atoms with van der Waals surface area (Å²) < 4.78 is 0.963. The highest BCUT2D eigenvalue weighted by molar-refractivity contribution is 7.22. The fourth-order valence-corrected chi connectivity index (χ4v) is 4.37. The third-order valence-electron chi connectivity index (χ3n) is 5.03. The van der Waals surface area contributed by atoms with Crippen molar-refractivity contribution in [2.45, 2.75) is 58.8 Å². The second kappa shape index (κ2) is 8.62. The molecule has 0 bridgehead atoms. The van der Waals surface area contributed by atoms with E-state index >= 15 is 0 Å². The summed E-state index contributed by atoms with van der Waals surface area (Å²) in [4.78, 5) is 29.1. The van der Waals surface area contributed by atoms with Gasteiger partial charge in [0.2, 0.25) is 11.8 Å². The second-order valence-electron chi connectivity index (χ2n) is 7.20. The van der Waals surface area contributed by atoms with Gasteiger partial charge in [-0.3, -0.25) is 9.59 Å². The molecule has 0 spiro atoms. The number of benzene rings is 1. The molecule has 0 saturated heterocycles. The number of carbonyl (C=O) groups is 2. The van der Waals surface area contributed by atoms with Crippen LogP contribution in [0.15, 0.2) is 18.2 Å². The normalized spacial score (nSPS) is 16.4. The van der Waals surface area contributed by atoms with Gasteiger partial charge < -0.3 is 10.6 Å². The summed E-state index contributed by atoms with van der Waals surface area (Å²) in [6.07, 6.45) is 7.33. The number of hydrogen-bond acceptors (Lipinski definition) is 4. The molecule has 1 aromatic carbocycles. The summed E-state index contributed by atoms with van der Waals surface area (Å²) in [6.45, 7) is 4.03. The SMILES string of the molecule is CCCC(C)C(=O)Nc1ccc2nc(NC(=O)C3CCCCC3)sc2c1. The lowest BCUT2D eigenvalue weighted by molar-refractivity contribution is -0.121. The van der Waals surface area contributed by atoms with E-state index in [9.17, 15) is 9.59 Å². The van der Waals surface area contributed by atoms with Gasteiger partial charge in [0.1, 0.15) is 0 Å². The lowest BCUT2D eigenvalue weighted by atomic mass is 9.89. The highest BCUT2D eigenvalue weighted by atomic mass is 32.1. The quantitative estimate of drug-likeness (QED) is 0.732. The average Bonchev–Trinajstić information content (AvgIpc) is 3.04. The second-order valence-corrected chi connectivity index (χ2v) is 8.24. The van der Waals surface area contributed by atoms with Gasteiger partial charge >= 0.3 is 0 Å². The molecule has 3 rings (SSSR count). The van der Waals surface area contributed by atoms with E-state index in [0.29, 0.717) is 5.13 Å². The summed E-state index contributed by atoms with van der Waals surface area (Å²) in [5.41, 5.74) is 1.62. The molecule has 2 aromatic rings. The van der Waals surface area contributed by atoms with Crippen LogP contribution >= 0.6 is 11.3 Å². The first-order chi connectivity index (χ1) is 12.6. The average molecular weight is 374 g/mol. The van der Waals surface area contributed by atoms with E-state index in [0.717, 1.165) is 54.4 Å². The van der Waals surface area contributed by atoms with Crippen molar-refractivity contribution in [3.63, 3.8) is 0 Å². The van der Waals surface area contributed by atoms with Crippen LogP contribution in [0.25, 0.3) is 10.2 Å². The van der Waals surface area contributed by atoms with E-state index in [1.165, 1.54) is 17.8 Å². The molecule has 6 heteroatoms. The number of nitrogens with zero attached hydrogens (tertiary/aromatic N) is 1. The lowest BCUT2D eigenvalue weighted by Crippen LogP contribution is -2.24. The van der Waals surface area contributed by atoms with Crippen LogP contribution in [0, 0.1) is 11.8 Å². The van der Waals surface area contributed by atoms with Gasteiger partial charge in [0.05, 0.1) is 10.2 Å². The molecule has 1 aromatic heterocycles. The Labute approximate surface area is 158 Å². The van der Waals surface area contributed by atoms with Crippen molar-refractivity contribution >= 4 is 44.2 Å². The van der Waals surface area contributed by atoms with Crippen molar-refractivity contribution in [1.29, 1.82) is 0 Å². The Morgan fingerprint density at radius 1 is 1.23 bits per heavy atom. The summed E-state index contributed by atoms with van der Waals surface area (Å²) in [5.74, 6) is 0.250. The Morgan fingerprint density at radius 2 is 2.00 bits per heavy atom. The number of thiazole rings is 1. The monoisotopic (exact) mass is 373 g/mol. The van der Waals surface area contributed by atoms with Crippen LogP contribution in [0.3, 0.4) is 0 Å². The fraction of sp³-hybridized carbons (Fsp3) is 0.550. The summed E-state index contributed by atoms with van der Waals surface area (Å²) in [6, 6.07) is 5.69. The minimum absolute atomic E-state index is 0.00231. The zero-order valence-corrected chi connectivity index (χ0v) is 16.3. The van der Waals surface area contributed by atoms with E-state index in [1.54, 1.807) is 0 Å². The van der Waals surface area contributed by atoms with Crippen LogP contribution < -0.4 is 10.6 Å². The summed E-state index contributed by atoms with van der Waals surface area (Å²) in [5, 5.41) is 6.59. The van der Waals surface area contributed by atoms with Gasteiger partial charge in [-0.2, -0.15) is 0 Å². The number of fused-ring (bicyclic) bond motifs is 1. The predicted molar refractivity (Wildman–Crippen MR) is 108 cm³/mol. The molecule has 2 amide bonds. The van der Waals surface area contributed by atoms with Crippen molar-refractivity contribution in [2.75, 3.05) is 10.6 Å². The zero-order chi connectivity index (χ0) is 18.5. The number of nitrogens with one attached hydrogen (secondary N) is 2. The van der Waals surface area contributed by atoms with Gasteiger partial charge in [-0.25, -0.2) is 4.98 Å². The molecule has 140 valence electrons. The van der Waals surface area contributed by atoms with Crippen molar-refractivity contribution in [3.05, 3.63) is 18.2 Å². The molecule has 0 aliphatic heterocycles. The topological polar surface area (TPSA) is 71.1 Å². The van der Waals surface area contributed by atoms with Crippen molar-refractivity contribution in [3.8, 4) is 0 Å². The van der Waals surface area contributed by atoms with Gasteiger partial charge in [0.25, 0.3) is 0 Å². The molecule has 2 N–H and O–H groups in total. The number of hydrogen-bond donors (Lipinski definition) is 2. The van der Waals surface area contributed by atoms with E-state index in [1.807, 2.05) is 25.1 Å². The third kappa shape index (κ3) is 4.61. The van der Waals surface area contributed by atoms with E-state index in [-0.39, 0.29) is 23.7 Å². The van der Waals surface area contributed by atoms with E-state index in [4.69, 9.17) is 0 Å². The number of amides is 2. The first-order valence-electron chi connectivity index (χ1n) is 9.59. The van der Waals surface area contributed by atoms with E-state index in [2.05, 4.69) is 22.5 Å². The van der Waals surface area contributed by atoms with Gasteiger partial charge in [0, 0.05) is 17.5 Å². The molecule has 1 aliphatic rings. The van der Waals surface area contributed by atoms with Crippen LogP contribution in [-0.2, 0) is 9.59 Å². The number of aromatic nitrogens is 1. The molecule has 5 nitrogen and oxygen atoms in total. The standard InChI is InChI=1S/C20H27N3O2S/c1-3-7-13(2)18(24)21-15-10-11-16-17(12-15)26-20(22-16)23-19(25)14-8-5-4-6-9-14/h10-14H,3-9H2,1-2H3,(H,21,24)(H,22,23,25). The van der Waals surface area contributed by atoms with Crippen LogP contribution in [0.5, 0.6) is 0 Å². The minimum Gasteiger partial charge on any atom is -0.326 e. The van der Waals surface area contributed by atoms with E-state index < -0.39 is 0 Å². The number of anilines is 2. The first-order valence-corrected chi connectivity index (χ1v) is 10.4. The van der Waals surface area contributed by atoms with Gasteiger partial charge in [-0.15, -0.1) is 0 Å². The number of carbonyl (C=O) groups excluding carboxylic acids is 2. The van der Waals surface area contributed by atoms with Crippen LogP contribution in [-0.4, -0.2) is 16.8 Å². The molecular weight excluding hydrogens is 346 g/mol. The Balaban J connectivity index is 1.67. The Hall–Kier alpha value is -1.95. The molecule has 1 aliphatic carbocycles. The lowest BCUT2D eigenvalue weighted by Gasteiger charge is -2.19. The molecule has 1 saturated carbocycles. The van der Waals surface area contributed by atoms with Gasteiger partial charge in [-0.1, -0.05) is 50.9 Å². The molecule has 0 radical (unpaired) electrons. The highest BCUT2D eigenvalue weighted by Crippen LogP contribution is 2.30. The van der Waals surface area contributed by atoms with Crippen molar-refractivity contribution in [1.82, 2.24) is 4.98 Å². The molecule has 1 fully saturated rings. The smallest absolute Gasteiger partial charge is 0.229 e. The first kappa shape index (κ1) is 18.8. The minimum atomic E-state index is 0.00231. The molecule has 1 atom stereocenters. The molecule has 1 heterocycles. The van der Waals surface area contributed by atoms with Crippen LogP contribution in [0.1, 0.15) is 58.8 Å². The molecule has 1 unspecified atom stereocenters. The molecular formula is C20H27N3O2S. The largest absolute Gasteiger partial charge is 0.326 e. The third-order valence-corrected chi connectivity index (χ3v) is 5.96. The fourth-order valence-electron chi connectivity index (χ4n) is 3.46. The molecule has 26 heavy (non-hydrogen) atoms. The Morgan fingerprint density at radius 3 is 2.73 bits per heavy atom. The summed E-state index contributed by atoms with van der Waals surface area (Å²) >= 11 is 1.46. The maximum absolute atomic E-state index is 12.4. The summed E-state index contributed by atoms with van der Waals surface area (Å²) in [7, 11) is 0. The Kier molecular flexibility index (Phi) is 6.25. The number of rotatable bonds is 6. The van der Waals surface area contributed by atoms with Gasteiger partial charge in [0.15, 0.2) is 5.13 Å². The van der Waals surface area contributed by atoms with Crippen LogP contribution in [0.4, 0.5) is 10.8 Å². The zero-order valence-electron chi connectivity index (χ0n) is 15.5. The predicted octanol–water partition coefficient (Wildman–Crippen LogP) is 5.19. The van der Waals surface area contributed by atoms with Crippen molar-refractivity contribution < 1.29 is 9.59 Å². The highest BCUT2D eigenvalue weighted by Gasteiger charge is 2.22. The maximum Gasteiger partial charge on any atom is 0.229 e. The van der Waals surface area contributed by atoms with Crippen molar-refractivity contribution in [2.24, 2.45) is 11.8 Å². The Bertz CT molecular complexity index is 780.